The molecule has 3 aromatic carbocycles. The van der Waals surface area contributed by atoms with Gasteiger partial charge in [-0.3, -0.25) is 9.36 Å². The molecule has 4 aromatic rings. The van der Waals surface area contributed by atoms with E-state index in [9.17, 15) is 9.59 Å². The number of aromatic nitrogens is 1. The summed E-state index contributed by atoms with van der Waals surface area (Å²) >= 11 is 11.9. The number of nitrogens with zero attached hydrogens (tertiary/aromatic N) is 2. The van der Waals surface area contributed by atoms with Crippen LogP contribution in [0.3, 0.4) is 0 Å². The number of halogens is 3. The predicted octanol–water partition coefficient (Wildman–Crippen LogP) is 7.46. The molecule has 0 unspecified atom stereocenters. The number of carbonyl (C=O) groups excluding carboxylic acids is 1. The number of carbonyl (C=O) groups is 1. The fourth-order valence-electron chi connectivity index (χ4n) is 5.03. The zero-order valence-electron chi connectivity index (χ0n) is 25.7. The van der Waals surface area contributed by atoms with Crippen LogP contribution >= 0.6 is 59.1 Å². The van der Waals surface area contributed by atoms with Crippen molar-refractivity contribution < 1.29 is 23.7 Å². The number of methoxy groups -OCH3 is 1. The molecule has 1 aliphatic heterocycles. The molecule has 240 valence electrons. The number of allylic oxidation sites excluding steroid dienone is 1. The minimum absolute atomic E-state index is 0.0727. The average molecular weight is 835 g/mol. The minimum Gasteiger partial charge on any atom is -0.493 e. The first-order valence-electron chi connectivity index (χ1n) is 14.4. The maximum absolute atomic E-state index is 14.3. The highest BCUT2D eigenvalue weighted by atomic mass is 79.9. The SMILES string of the molecule is CCOC(=O)C1=C(C)N=c2s/c(=C/c3cc(Br)cc(Br)c3OCc3ccc(Br)cc3)c(=O)n2[C@H]1c1ccc(OC(C)C)c(OC)c1. The Labute approximate surface area is 295 Å². The van der Waals surface area contributed by atoms with E-state index in [1.807, 2.05) is 56.3 Å². The van der Waals surface area contributed by atoms with E-state index in [1.54, 1.807) is 43.7 Å². The Morgan fingerprint density at radius 1 is 1.04 bits per heavy atom. The number of thiazole rings is 1. The molecule has 0 N–H and O–H groups in total. The van der Waals surface area contributed by atoms with Crippen molar-refractivity contribution in [3.05, 3.63) is 116 Å². The zero-order chi connectivity index (χ0) is 33.1. The van der Waals surface area contributed by atoms with Crippen LogP contribution < -0.4 is 29.1 Å². The molecule has 0 amide bonds. The van der Waals surface area contributed by atoms with Gasteiger partial charge in [-0.25, -0.2) is 9.79 Å². The maximum Gasteiger partial charge on any atom is 0.338 e. The molecular formula is C34H31Br3N2O6S. The summed E-state index contributed by atoms with van der Waals surface area (Å²) in [4.78, 5) is 32.8. The van der Waals surface area contributed by atoms with E-state index < -0.39 is 12.0 Å². The Hall–Kier alpha value is -3.19. The summed E-state index contributed by atoms with van der Waals surface area (Å²) in [5.41, 5.74) is 2.79. The summed E-state index contributed by atoms with van der Waals surface area (Å²) in [6, 6.07) is 16.3. The van der Waals surface area contributed by atoms with Crippen LogP contribution in [-0.2, 0) is 16.1 Å². The van der Waals surface area contributed by atoms with Gasteiger partial charge in [0.25, 0.3) is 5.56 Å². The molecule has 0 saturated carbocycles. The molecule has 0 saturated heterocycles. The third-order valence-electron chi connectivity index (χ3n) is 7.00. The number of esters is 1. The molecule has 1 aliphatic rings. The second-order valence-corrected chi connectivity index (χ2v) is 14.3. The third-order valence-corrected chi connectivity index (χ3v) is 9.56. The number of fused-ring (bicyclic) bond motifs is 1. The third kappa shape index (κ3) is 7.35. The standard InChI is InChI=1S/C34H31Br3N2O6S/c1-6-43-33(41)29-19(4)38-34-39(30(29)21-9-12-26(45-18(2)3)27(14-21)42-5)32(40)28(46-34)15-22-13-24(36)16-25(37)31(22)44-17-20-7-10-23(35)11-8-20/h7-16,18,30H,6,17H2,1-5H3/b28-15+/t30-/m0/s1. The Morgan fingerprint density at radius 2 is 1.78 bits per heavy atom. The van der Waals surface area contributed by atoms with Gasteiger partial charge in [-0.15, -0.1) is 0 Å². The van der Waals surface area contributed by atoms with E-state index in [1.165, 1.54) is 11.3 Å². The highest BCUT2D eigenvalue weighted by molar-refractivity contribution is 9.11. The summed E-state index contributed by atoms with van der Waals surface area (Å²) in [6.07, 6.45) is 1.72. The van der Waals surface area contributed by atoms with Gasteiger partial charge in [-0.05, 0) is 97.2 Å². The molecule has 12 heteroatoms. The van der Waals surface area contributed by atoms with Crippen LogP contribution in [0.1, 0.15) is 50.4 Å². The van der Waals surface area contributed by atoms with Crippen LogP contribution in [0.2, 0.25) is 0 Å². The van der Waals surface area contributed by atoms with Crippen molar-refractivity contribution in [2.24, 2.45) is 4.99 Å². The first-order chi connectivity index (χ1) is 22.0. The number of rotatable bonds is 10. The van der Waals surface area contributed by atoms with E-state index in [4.69, 9.17) is 23.9 Å². The van der Waals surface area contributed by atoms with E-state index in [0.717, 1.165) is 19.0 Å². The van der Waals surface area contributed by atoms with Gasteiger partial charge in [-0.1, -0.05) is 61.4 Å². The lowest BCUT2D eigenvalue weighted by molar-refractivity contribution is -0.139. The number of hydrogen-bond donors (Lipinski definition) is 0. The lowest BCUT2D eigenvalue weighted by Crippen LogP contribution is -2.40. The van der Waals surface area contributed by atoms with E-state index in [2.05, 4.69) is 47.8 Å². The fraction of sp³-hybridized carbons (Fsp3) is 0.265. The van der Waals surface area contributed by atoms with Gasteiger partial charge in [0.05, 0.1) is 46.1 Å². The molecule has 0 fully saturated rings. The molecule has 0 spiro atoms. The van der Waals surface area contributed by atoms with Crippen molar-refractivity contribution in [1.29, 1.82) is 0 Å². The smallest absolute Gasteiger partial charge is 0.338 e. The Balaban J connectivity index is 1.66. The van der Waals surface area contributed by atoms with Crippen LogP contribution in [0, 0.1) is 0 Å². The van der Waals surface area contributed by atoms with Crippen molar-refractivity contribution in [3.63, 3.8) is 0 Å². The van der Waals surface area contributed by atoms with Gasteiger partial charge in [0.1, 0.15) is 12.4 Å². The van der Waals surface area contributed by atoms with Crippen molar-refractivity contribution in [2.75, 3.05) is 13.7 Å². The highest BCUT2D eigenvalue weighted by Crippen LogP contribution is 2.37. The molecule has 0 aliphatic carbocycles. The van der Waals surface area contributed by atoms with Gasteiger partial charge < -0.3 is 18.9 Å². The number of ether oxygens (including phenoxy) is 4. The van der Waals surface area contributed by atoms with Gasteiger partial charge in [0.2, 0.25) is 0 Å². The van der Waals surface area contributed by atoms with E-state index in [0.29, 0.717) is 50.0 Å². The largest absolute Gasteiger partial charge is 0.493 e. The van der Waals surface area contributed by atoms with Crippen LogP contribution in [0.4, 0.5) is 0 Å². The summed E-state index contributed by atoms with van der Waals surface area (Å²) in [5, 5.41) is 0. The van der Waals surface area contributed by atoms with Crippen LogP contribution in [0.25, 0.3) is 6.08 Å². The van der Waals surface area contributed by atoms with E-state index in [-0.39, 0.29) is 23.8 Å². The molecular weight excluding hydrogens is 804 g/mol. The normalized spacial score (nSPS) is 14.6. The van der Waals surface area contributed by atoms with Crippen molar-refractivity contribution >= 4 is 71.2 Å². The van der Waals surface area contributed by atoms with Gasteiger partial charge in [0, 0.05) is 14.5 Å². The molecule has 46 heavy (non-hydrogen) atoms. The molecule has 0 bridgehead atoms. The molecule has 8 nitrogen and oxygen atoms in total. The van der Waals surface area contributed by atoms with Crippen LogP contribution in [-0.4, -0.2) is 30.4 Å². The summed E-state index contributed by atoms with van der Waals surface area (Å²) < 4.78 is 27.8. The van der Waals surface area contributed by atoms with Crippen LogP contribution in [0.15, 0.2) is 89.1 Å². The van der Waals surface area contributed by atoms with Crippen molar-refractivity contribution in [2.45, 2.75) is 46.4 Å². The Bertz CT molecular complexity index is 2000. The topological polar surface area (TPSA) is 88.4 Å². The second kappa shape index (κ2) is 14.7. The molecule has 1 aromatic heterocycles. The molecule has 5 rings (SSSR count). The summed E-state index contributed by atoms with van der Waals surface area (Å²) in [7, 11) is 1.55. The second-order valence-electron chi connectivity index (χ2n) is 10.6. The quantitative estimate of drug-likeness (QED) is 0.154. The number of hydrogen-bond acceptors (Lipinski definition) is 8. The zero-order valence-corrected chi connectivity index (χ0v) is 31.3. The lowest BCUT2D eigenvalue weighted by atomic mass is 9.95. The van der Waals surface area contributed by atoms with Crippen molar-refractivity contribution in [3.8, 4) is 17.2 Å². The first kappa shape index (κ1) is 34.2. The van der Waals surface area contributed by atoms with Gasteiger partial charge in [0.15, 0.2) is 16.3 Å². The van der Waals surface area contributed by atoms with Crippen molar-refractivity contribution in [1.82, 2.24) is 4.57 Å². The monoisotopic (exact) mass is 832 g/mol. The molecule has 1 atom stereocenters. The Morgan fingerprint density at radius 3 is 2.46 bits per heavy atom. The van der Waals surface area contributed by atoms with Crippen LogP contribution in [0.5, 0.6) is 17.2 Å². The Kier molecular flexibility index (Phi) is 10.9. The molecule has 2 heterocycles. The maximum atomic E-state index is 14.3. The highest BCUT2D eigenvalue weighted by Gasteiger charge is 2.34. The van der Waals surface area contributed by atoms with Gasteiger partial charge in [-0.2, -0.15) is 0 Å². The van der Waals surface area contributed by atoms with E-state index >= 15 is 0 Å². The molecule has 0 radical (unpaired) electrons. The lowest BCUT2D eigenvalue weighted by Gasteiger charge is -2.25. The minimum atomic E-state index is -0.804. The predicted molar refractivity (Wildman–Crippen MR) is 189 cm³/mol. The number of benzene rings is 3. The first-order valence-corrected chi connectivity index (χ1v) is 17.6. The summed E-state index contributed by atoms with van der Waals surface area (Å²) in [6.45, 7) is 7.86. The van der Waals surface area contributed by atoms with Gasteiger partial charge >= 0.3 is 5.97 Å². The fourth-order valence-corrected chi connectivity index (χ4v) is 7.70. The summed E-state index contributed by atoms with van der Waals surface area (Å²) in [5.74, 6) is 1.09. The average Bonchev–Trinajstić information content (AvgIpc) is 3.30.